The molecule has 192 valence electrons. The standard InChI is InChI=1S/C28H32N6O3/c1-19(20-9-5-4-6-10-20)31-27-23-17-24(33-28(23)30-18-29-27)21-13-15-22(16-14-21)32-25(35)11-7-2-3-8-12-26(36)34-37/h4-6,9-10,13-19,37H,2-3,7-8,11-12H2,1H3,(H,32,35)(H,34,36)(H2,29,30,31,33)/t19-/m1/s1. The van der Waals surface area contributed by atoms with Crippen molar-refractivity contribution in [3.63, 3.8) is 0 Å². The number of hydrogen-bond acceptors (Lipinski definition) is 6. The lowest BCUT2D eigenvalue weighted by atomic mass is 10.1. The van der Waals surface area contributed by atoms with Crippen LogP contribution in [0.25, 0.3) is 22.3 Å². The second-order valence-corrected chi connectivity index (χ2v) is 9.02. The lowest BCUT2D eigenvalue weighted by molar-refractivity contribution is -0.129. The number of nitrogens with zero attached hydrogens (tertiary/aromatic N) is 2. The van der Waals surface area contributed by atoms with Gasteiger partial charge in [-0.15, -0.1) is 0 Å². The Kier molecular flexibility index (Phi) is 8.83. The zero-order valence-corrected chi connectivity index (χ0v) is 20.8. The van der Waals surface area contributed by atoms with E-state index >= 15 is 0 Å². The van der Waals surface area contributed by atoms with Crippen LogP contribution in [0.5, 0.6) is 0 Å². The summed E-state index contributed by atoms with van der Waals surface area (Å²) in [5.74, 6) is 0.353. The topological polar surface area (TPSA) is 132 Å². The molecule has 0 saturated heterocycles. The van der Waals surface area contributed by atoms with Crippen LogP contribution in [0.4, 0.5) is 11.5 Å². The average Bonchev–Trinajstić information content (AvgIpc) is 3.37. The molecule has 1 atom stereocenters. The first-order valence-corrected chi connectivity index (χ1v) is 12.5. The fourth-order valence-corrected chi connectivity index (χ4v) is 4.18. The predicted molar refractivity (Wildman–Crippen MR) is 144 cm³/mol. The van der Waals surface area contributed by atoms with E-state index in [1.165, 1.54) is 5.56 Å². The van der Waals surface area contributed by atoms with E-state index in [9.17, 15) is 9.59 Å². The Hall–Kier alpha value is -4.24. The first-order valence-electron chi connectivity index (χ1n) is 12.5. The molecule has 2 aromatic carbocycles. The molecule has 37 heavy (non-hydrogen) atoms. The summed E-state index contributed by atoms with van der Waals surface area (Å²) in [6, 6.07) is 20.0. The van der Waals surface area contributed by atoms with E-state index in [-0.39, 0.29) is 17.9 Å². The highest BCUT2D eigenvalue weighted by molar-refractivity contribution is 5.93. The molecular weight excluding hydrogens is 468 g/mol. The van der Waals surface area contributed by atoms with E-state index < -0.39 is 0 Å². The maximum atomic E-state index is 12.3. The number of carbonyl (C=O) groups excluding carboxylic acids is 2. The smallest absolute Gasteiger partial charge is 0.243 e. The predicted octanol–water partition coefficient (Wildman–Crippen LogP) is 5.58. The molecule has 0 spiro atoms. The molecule has 9 heteroatoms. The van der Waals surface area contributed by atoms with Gasteiger partial charge in [0.2, 0.25) is 11.8 Å². The van der Waals surface area contributed by atoms with Crippen molar-refractivity contribution in [3.8, 4) is 11.3 Å². The summed E-state index contributed by atoms with van der Waals surface area (Å²) in [5.41, 5.74) is 6.18. The van der Waals surface area contributed by atoms with Crippen molar-refractivity contribution in [2.24, 2.45) is 0 Å². The van der Waals surface area contributed by atoms with Gasteiger partial charge in [0.1, 0.15) is 17.8 Å². The van der Waals surface area contributed by atoms with Crippen LogP contribution in [-0.4, -0.2) is 32.0 Å². The van der Waals surface area contributed by atoms with Crippen LogP contribution in [-0.2, 0) is 9.59 Å². The van der Waals surface area contributed by atoms with E-state index in [1.807, 2.05) is 48.5 Å². The van der Waals surface area contributed by atoms with Crippen LogP contribution < -0.4 is 16.1 Å². The SMILES string of the molecule is C[C@@H](Nc1ncnc2[nH]c(-c3ccc(NC(=O)CCCCCCC(=O)NO)cc3)cc12)c1ccccc1. The number of anilines is 2. The minimum absolute atomic E-state index is 0.0370. The van der Waals surface area contributed by atoms with Crippen molar-refractivity contribution in [1.82, 2.24) is 20.4 Å². The van der Waals surface area contributed by atoms with Crippen LogP contribution in [0, 0.1) is 0 Å². The first kappa shape index (κ1) is 25.8. The average molecular weight is 501 g/mol. The van der Waals surface area contributed by atoms with Crippen molar-refractivity contribution < 1.29 is 14.8 Å². The number of aromatic amines is 1. The second-order valence-electron chi connectivity index (χ2n) is 9.02. The molecule has 0 saturated carbocycles. The highest BCUT2D eigenvalue weighted by Crippen LogP contribution is 2.29. The van der Waals surface area contributed by atoms with Gasteiger partial charge in [0.15, 0.2) is 0 Å². The largest absolute Gasteiger partial charge is 0.363 e. The molecule has 0 fully saturated rings. The molecule has 9 nitrogen and oxygen atoms in total. The second kappa shape index (κ2) is 12.6. The molecule has 0 bridgehead atoms. The number of rotatable bonds is 12. The lowest BCUT2D eigenvalue weighted by Gasteiger charge is -2.15. The Labute approximate surface area is 215 Å². The van der Waals surface area contributed by atoms with Crippen molar-refractivity contribution in [2.75, 3.05) is 10.6 Å². The maximum absolute atomic E-state index is 12.3. The number of amides is 2. The van der Waals surface area contributed by atoms with Crippen molar-refractivity contribution in [1.29, 1.82) is 0 Å². The summed E-state index contributed by atoms with van der Waals surface area (Å²) >= 11 is 0. The van der Waals surface area contributed by atoms with Crippen LogP contribution in [0.15, 0.2) is 67.0 Å². The number of H-pyrrole nitrogens is 1. The Morgan fingerprint density at radius 1 is 0.919 bits per heavy atom. The monoisotopic (exact) mass is 500 g/mol. The minimum atomic E-state index is -0.378. The summed E-state index contributed by atoms with van der Waals surface area (Å²) < 4.78 is 0. The fraction of sp³-hybridized carbons (Fsp3) is 0.286. The number of fused-ring (bicyclic) bond motifs is 1. The van der Waals surface area contributed by atoms with Crippen molar-refractivity contribution in [3.05, 3.63) is 72.6 Å². The van der Waals surface area contributed by atoms with Gasteiger partial charge in [0.25, 0.3) is 0 Å². The Morgan fingerprint density at radius 2 is 1.62 bits per heavy atom. The van der Waals surface area contributed by atoms with Gasteiger partial charge in [-0.3, -0.25) is 14.8 Å². The molecule has 5 N–H and O–H groups in total. The molecule has 0 radical (unpaired) electrons. The molecule has 0 aliphatic carbocycles. The summed E-state index contributed by atoms with van der Waals surface area (Å²) in [4.78, 5) is 35.5. The Bertz CT molecular complexity index is 1320. The zero-order valence-electron chi connectivity index (χ0n) is 20.8. The Balaban J connectivity index is 1.33. The third kappa shape index (κ3) is 7.14. The third-order valence-corrected chi connectivity index (χ3v) is 6.24. The highest BCUT2D eigenvalue weighted by Gasteiger charge is 2.13. The first-order chi connectivity index (χ1) is 18.0. The molecule has 0 aliphatic rings. The molecule has 4 rings (SSSR count). The third-order valence-electron chi connectivity index (χ3n) is 6.24. The number of hydroxylamine groups is 1. The summed E-state index contributed by atoms with van der Waals surface area (Å²) in [5, 5.41) is 15.8. The van der Waals surface area contributed by atoms with E-state index in [0.29, 0.717) is 19.3 Å². The van der Waals surface area contributed by atoms with Gasteiger partial charge in [-0.05, 0) is 49.1 Å². The minimum Gasteiger partial charge on any atom is -0.363 e. The van der Waals surface area contributed by atoms with Gasteiger partial charge in [0.05, 0.1) is 5.39 Å². The van der Waals surface area contributed by atoms with Crippen LogP contribution in [0.1, 0.15) is 57.1 Å². The summed E-state index contributed by atoms with van der Waals surface area (Å²) in [6.45, 7) is 2.10. The fourth-order valence-electron chi connectivity index (χ4n) is 4.18. The number of benzene rings is 2. The number of nitrogens with one attached hydrogen (secondary N) is 4. The Morgan fingerprint density at radius 3 is 2.32 bits per heavy atom. The van der Waals surface area contributed by atoms with Crippen LogP contribution >= 0.6 is 0 Å². The van der Waals surface area contributed by atoms with Gasteiger partial charge >= 0.3 is 0 Å². The molecule has 0 aliphatic heterocycles. The number of hydrogen-bond donors (Lipinski definition) is 5. The lowest BCUT2D eigenvalue weighted by Crippen LogP contribution is -2.17. The quantitative estimate of drug-likeness (QED) is 0.0980. The number of aromatic nitrogens is 3. The van der Waals surface area contributed by atoms with Gasteiger partial charge in [-0.2, -0.15) is 0 Å². The van der Waals surface area contributed by atoms with Crippen LogP contribution in [0.2, 0.25) is 0 Å². The maximum Gasteiger partial charge on any atom is 0.243 e. The van der Waals surface area contributed by atoms with Crippen molar-refractivity contribution in [2.45, 2.75) is 51.5 Å². The summed E-state index contributed by atoms with van der Waals surface area (Å²) in [7, 11) is 0. The zero-order chi connectivity index (χ0) is 26.0. The molecular formula is C28H32N6O3. The molecule has 2 aromatic heterocycles. The number of unbranched alkanes of at least 4 members (excludes halogenated alkanes) is 3. The number of carbonyl (C=O) groups is 2. The van der Waals surface area contributed by atoms with Gasteiger partial charge in [-0.1, -0.05) is 55.3 Å². The van der Waals surface area contributed by atoms with Gasteiger partial charge in [-0.25, -0.2) is 15.4 Å². The molecule has 0 unspecified atom stereocenters. The molecule has 2 amide bonds. The highest BCUT2D eigenvalue weighted by atomic mass is 16.5. The van der Waals surface area contributed by atoms with Crippen molar-refractivity contribution >= 4 is 34.4 Å². The van der Waals surface area contributed by atoms with E-state index in [2.05, 4.69) is 44.6 Å². The van der Waals surface area contributed by atoms with Gasteiger partial charge in [0, 0.05) is 30.3 Å². The summed E-state index contributed by atoms with van der Waals surface area (Å²) in [6.07, 6.45) is 5.40. The normalized spacial score (nSPS) is 11.7. The van der Waals surface area contributed by atoms with Crippen LogP contribution in [0.3, 0.4) is 0 Å². The van der Waals surface area contributed by atoms with E-state index in [1.54, 1.807) is 11.8 Å². The van der Waals surface area contributed by atoms with E-state index in [0.717, 1.165) is 53.1 Å². The molecule has 4 aromatic rings. The molecule has 2 heterocycles. The van der Waals surface area contributed by atoms with E-state index in [4.69, 9.17) is 5.21 Å². The van der Waals surface area contributed by atoms with Gasteiger partial charge < -0.3 is 15.6 Å².